The molecule has 0 aliphatic heterocycles. The Morgan fingerprint density at radius 2 is 1.94 bits per heavy atom. The SMILES string of the molecule is CCC(NC(=O)c1ccc(CN)cc1)C(=O)O. The van der Waals surface area contributed by atoms with E-state index in [2.05, 4.69) is 5.32 Å². The van der Waals surface area contributed by atoms with Gasteiger partial charge in [0.05, 0.1) is 0 Å². The fraction of sp³-hybridized carbons (Fsp3) is 0.333. The van der Waals surface area contributed by atoms with Crippen molar-refractivity contribution in [1.82, 2.24) is 5.32 Å². The highest BCUT2D eigenvalue weighted by Gasteiger charge is 2.18. The normalized spacial score (nSPS) is 11.9. The molecule has 1 amide bonds. The summed E-state index contributed by atoms with van der Waals surface area (Å²) in [5.74, 6) is -1.41. The molecule has 1 rings (SSSR count). The van der Waals surface area contributed by atoms with Gasteiger partial charge in [-0.1, -0.05) is 19.1 Å². The Labute approximate surface area is 99.6 Å². The van der Waals surface area contributed by atoms with Crippen molar-refractivity contribution >= 4 is 11.9 Å². The van der Waals surface area contributed by atoms with E-state index in [9.17, 15) is 9.59 Å². The number of aliphatic carboxylic acids is 1. The number of carboxylic acids is 1. The van der Waals surface area contributed by atoms with Crippen LogP contribution in [0.5, 0.6) is 0 Å². The number of nitrogens with two attached hydrogens (primary N) is 1. The molecule has 0 radical (unpaired) electrons. The maximum atomic E-state index is 11.7. The van der Waals surface area contributed by atoms with Crippen molar-refractivity contribution in [3.05, 3.63) is 35.4 Å². The molecule has 0 aliphatic carbocycles. The van der Waals surface area contributed by atoms with Crippen LogP contribution in [-0.4, -0.2) is 23.0 Å². The summed E-state index contributed by atoms with van der Waals surface area (Å²) in [5.41, 5.74) is 6.80. The van der Waals surface area contributed by atoms with Crippen LogP contribution >= 0.6 is 0 Å². The first-order chi connectivity index (χ1) is 8.08. The summed E-state index contributed by atoms with van der Waals surface area (Å²) in [6, 6.07) is 5.91. The molecular formula is C12H16N2O3. The fourth-order valence-corrected chi connectivity index (χ4v) is 1.37. The van der Waals surface area contributed by atoms with Gasteiger partial charge in [0, 0.05) is 12.1 Å². The Hall–Kier alpha value is -1.88. The van der Waals surface area contributed by atoms with Gasteiger partial charge in [-0.05, 0) is 24.1 Å². The van der Waals surface area contributed by atoms with E-state index in [-0.39, 0.29) is 5.91 Å². The van der Waals surface area contributed by atoms with Crippen LogP contribution < -0.4 is 11.1 Å². The highest BCUT2D eigenvalue weighted by atomic mass is 16.4. The van der Waals surface area contributed by atoms with Crippen LogP contribution in [0.15, 0.2) is 24.3 Å². The molecule has 1 aromatic carbocycles. The Bertz CT molecular complexity index is 401. The summed E-state index contributed by atoms with van der Waals surface area (Å²) in [7, 11) is 0. The lowest BCUT2D eigenvalue weighted by molar-refractivity contribution is -0.139. The Morgan fingerprint density at radius 1 is 1.35 bits per heavy atom. The largest absolute Gasteiger partial charge is 0.480 e. The van der Waals surface area contributed by atoms with Gasteiger partial charge in [0.1, 0.15) is 6.04 Å². The van der Waals surface area contributed by atoms with Crippen molar-refractivity contribution in [3.63, 3.8) is 0 Å². The van der Waals surface area contributed by atoms with Gasteiger partial charge in [-0.2, -0.15) is 0 Å². The van der Waals surface area contributed by atoms with Gasteiger partial charge in [-0.3, -0.25) is 4.79 Å². The first kappa shape index (κ1) is 13.2. The number of carbonyl (C=O) groups excluding carboxylic acids is 1. The number of amides is 1. The predicted molar refractivity (Wildman–Crippen MR) is 63.5 cm³/mol. The number of benzene rings is 1. The standard InChI is InChI=1S/C12H16N2O3/c1-2-10(12(16)17)14-11(15)9-5-3-8(7-13)4-6-9/h3-6,10H,2,7,13H2,1H3,(H,14,15)(H,16,17). The molecule has 0 heterocycles. The molecule has 92 valence electrons. The molecule has 1 unspecified atom stereocenters. The smallest absolute Gasteiger partial charge is 0.326 e. The van der Waals surface area contributed by atoms with Crippen LogP contribution in [0.1, 0.15) is 29.3 Å². The van der Waals surface area contributed by atoms with E-state index in [4.69, 9.17) is 10.8 Å². The van der Waals surface area contributed by atoms with E-state index in [1.54, 1.807) is 31.2 Å². The van der Waals surface area contributed by atoms with Crippen LogP contribution in [0.25, 0.3) is 0 Å². The second-order valence-corrected chi connectivity index (χ2v) is 3.67. The van der Waals surface area contributed by atoms with E-state index in [0.29, 0.717) is 18.5 Å². The minimum atomic E-state index is -1.03. The number of hydrogen-bond acceptors (Lipinski definition) is 3. The second-order valence-electron chi connectivity index (χ2n) is 3.67. The third kappa shape index (κ3) is 3.57. The van der Waals surface area contributed by atoms with E-state index in [0.717, 1.165) is 5.56 Å². The summed E-state index contributed by atoms with van der Waals surface area (Å²) in [6.45, 7) is 2.12. The zero-order valence-corrected chi connectivity index (χ0v) is 9.64. The van der Waals surface area contributed by atoms with Gasteiger partial charge in [0.2, 0.25) is 0 Å². The molecule has 0 spiro atoms. The predicted octanol–water partition coefficient (Wildman–Crippen LogP) is 0.738. The van der Waals surface area contributed by atoms with Gasteiger partial charge in [0.25, 0.3) is 5.91 Å². The van der Waals surface area contributed by atoms with Crippen molar-refractivity contribution in [2.24, 2.45) is 5.73 Å². The summed E-state index contributed by atoms with van der Waals surface area (Å²) >= 11 is 0. The Morgan fingerprint density at radius 3 is 2.35 bits per heavy atom. The topological polar surface area (TPSA) is 92.4 Å². The molecule has 1 aromatic rings. The molecule has 0 fully saturated rings. The van der Waals surface area contributed by atoms with Gasteiger partial charge >= 0.3 is 5.97 Å². The average Bonchev–Trinajstić information content (AvgIpc) is 2.35. The van der Waals surface area contributed by atoms with Crippen molar-refractivity contribution < 1.29 is 14.7 Å². The minimum absolute atomic E-state index is 0.349. The van der Waals surface area contributed by atoms with Crippen LogP contribution in [0.2, 0.25) is 0 Å². The number of hydrogen-bond donors (Lipinski definition) is 3. The van der Waals surface area contributed by atoms with E-state index in [1.807, 2.05) is 0 Å². The Balaban J connectivity index is 2.72. The number of nitrogens with one attached hydrogen (secondary N) is 1. The number of rotatable bonds is 5. The molecule has 0 saturated carbocycles. The fourth-order valence-electron chi connectivity index (χ4n) is 1.37. The third-order valence-electron chi connectivity index (χ3n) is 2.46. The van der Waals surface area contributed by atoms with Crippen molar-refractivity contribution in [2.75, 3.05) is 0 Å². The highest BCUT2D eigenvalue weighted by molar-refractivity contribution is 5.96. The first-order valence-electron chi connectivity index (χ1n) is 5.41. The number of carbonyl (C=O) groups is 2. The summed E-state index contributed by atoms with van der Waals surface area (Å²) in [4.78, 5) is 22.5. The monoisotopic (exact) mass is 236 g/mol. The van der Waals surface area contributed by atoms with Crippen molar-refractivity contribution in [2.45, 2.75) is 25.9 Å². The molecule has 0 aliphatic rings. The molecule has 0 saturated heterocycles. The molecular weight excluding hydrogens is 220 g/mol. The van der Waals surface area contributed by atoms with Gasteiger partial charge in [0.15, 0.2) is 0 Å². The van der Waals surface area contributed by atoms with E-state index < -0.39 is 12.0 Å². The van der Waals surface area contributed by atoms with E-state index in [1.165, 1.54) is 0 Å². The Kier molecular flexibility index (Phi) is 4.66. The maximum Gasteiger partial charge on any atom is 0.326 e. The molecule has 4 N–H and O–H groups in total. The van der Waals surface area contributed by atoms with Crippen LogP contribution in [0, 0.1) is 0 Å². The second kappa shape index (κ2) is 6.00. The van der Waals surface area contributed by atoms with Crippen molar-refractivity contribution in [1.29, 1.82) is 0 Å². The maximum absolute atomic E-state index is 11.7. The molecule has 5 nitrogen and oxygen atoms in total. The first-order valence-corrected chi connectivity index (χ1v) is 5.41. The molecule has 0 bridgehead atoms. The molecule has 1 atom stereocenters. The van der Waals surface area contributed by atoms with E-state index >= 15 is 0 Å². The molecule has 5 heteroatoms. The lowest BCUT2D eigenvalue weighted by Gasteiger charge is -2.12. The minimum Gasteiger partial charge on any atom is -0.480 e. The van der Waals surface area contributed by atoms with Crippen LogP contribution in [0.3, 0.4) is 0 Å². The molecule has 17 heavy (non-hydrogen) atoms. The summed E-state index contributed by atoms with van der Waals surface area (Å²) in [5, 5.41) is 11.3. The number of carboxylic acid groups (broad SMARTS) is 1. The third-order valence-corrected chi connectivity index (χ3v) is 2.46. The van der Waals surface area contributed by atoms with Crippen LogP contribution in [-0.2, 0) is 11.3 Å². The quantitative estimate of drug-likeness (QED) is 0.703. The van der Waals surface area contributed by atoms with Gasteiger partial charge in [-0.15, -0.1) is 0 Å². The summed E-state index contributed by atoms with van der Waals surface area (Å²) in [6.07, 6.45) is 0.349. The van der Waals surface area contributed by atoms with Crippen LogP contribution in [0.4, 0.5) is 0 Å². The highest BCUT2D eigenvalue weighted by Crippen LogP contribution is 2.04. The van der Waals surface area contributed by atoms with Gasteiger partial charge < -0.3 is 16.2 Å². The summed E-state index contributed by atoms with van der Waals surface area (Å²) < 4.78 is 0. The zero-order chi connectivity index (χ0) is 12.8. The van der Waals surface area contributed by atoms with Gasteiger partial charge in [-0.25, -0.2) is 4.79 Å². The molecule has 0 aromatic heterocycles. The van der Waals surface area contributed by atoms with Crippen molar-refractivity contribution in [3.8, 4) is 0 Å². The average molecular weight is 236 g/mol. The lowest BCUT2D eigenvalue weighted by atomic mass is 10.1. The lowest BCUT2D eigenvalue weighted by Crippen LogP contribution is -2.40. The zero-order valence-electron chi connectivity index (χ0n) is 9.64.